The van der Waals surface area contributed by atoms with Crippen molar-refractivity contribution >= 4 is 17.4 Å². The monoisotopic (exact) mass is 198 g/mol. The minimum absolute atomic E-state index is 0.707. The van der Waals surface area contributed by atoms with Crippen molar-refractivity contribution in [1.29, 1.82) is 0 Å². The van der Waals surface area contributed by atoms with E-state index in [1.54, 1.807) is 6.20 Å². The standard InChI is InChI=1S/C9H14N2OS/c10-8-6-11-12-9(8)5-7-1-3-13-4-2-7/h6-7H,1-5,10H2. The molecule has 0 saturated carbocycles. The number of rotatable bonds is 2. The summed E-state index contributed by atoms with van der Waals surface area (Å²) >= 11 is 2.04. The van der Waals surface area contributed by atoms with Crippen molar-refractivity contribution in [1.82, 2.24) is 5.16 Å². The molecule has 0 aromatic carbocycles. The summed E-state index contributed by atoms with van der Waals surface area (Å²) in [5.41, 5.74) is 6.40. The maximum Gasteiger partial charge on any atom is 0.159 e. The van der Waals surface area contributed by atoms with Gasteiger partial charge in [-0.1, -0.05) is 5.16 Å². The highest BCUT2D eigenvalue weighted by Gasteiger charge is 2.17. The SMILES string of the molecule is Nc1cnoc1CC1CCSCC1. The summed E-state index contributed by atoms with van der Waals surface area (Å²) in [6.45, 7) is 0. The average molecular weight is 198 g/mol. The van der Waals surface area contributed by atoms with E-state index in [9.17, 15) is 0 Å². The first kappa shape index (κ1) is 8.94. The van der Waals surface area contributed by atoms with E-state index in [-0.39, 0.29) is 0 Å². The molecule has 4 heteroatoms. The van der Waals surface area contributed by atoms with Gasteiger partial charge in [0, 0.05) is 6.42 Å². The van der Waals surface area contributed by atoms with Gasteiger partial charge in [-0.3, -0.25) is 0 Å². The van der Waals surface area contributed by atoms with Crippen LogP contribution in [0.5, 0.6) is 0 Å². The molecule has 0 aliphatic carbocycles. The zero-order chi connectivity index (χ0) is 9.10. The molecule has 0 bridgehead atoms. The second-order valence-corrected chi connectivity index (χ2v) is 4.69. The van der Waals surface area contributed by atoms with E-state index in [1.165, 1.54) is 24.3 Å². The number of nitrogens with zero attached hydrogens (tertiary/aromatic N) is 1. The molecule has 1 fully saturated rings. The summed E-state index contributed by atoms with van der Waals surface area (Å²) < 4.78 is 5.09. The minimum Gasteiger partial charge on any atom is -0.395 e. The van der Waals surface area contributed by atoms with E-state index < -0.39 is 0 Å². The maximum absolute atomic E-state index is 5.70. The fraction of sp³-hybridized carbons (Fsp3) is 0.667. The molecule has 1 aromatic rings. The van der Waals surface area contributed by atoms with Gasteiger partial charge in [-0.15, -0.1) is 0 Å². The van der Waals surface area contributed by atoms with E-state index in [1.807, 2.05) is 11.8 Å². The van der Waals surface area contributed by atoms with Crippen molar-refractivity contribution in [2.45, 2.75) is 19.3 Å². The lowest BCUT2D eigenvalue weighted by Crippen LogP contribution is -2.12. The molecule has 2 heterocycles. The fourth-order valence-corrected chi connectivity index (χ4v) is 2.84. The lowest BCUT2D eigenvalue weighted by molar-refractivity contribution is 0.351. The number of thioether (sulfide) groups is 1. The van der Waals surface area contributed by atoms with E-state index in [4.69, 9.17) is 10.3 Å². The van der Waals surface area contributed by atoms with Crippen LogP contribution >= 0.6 is 11.8 Å². The van der Waals surface area contributed by atoms with Crippen molar-refractivity contribution in [2.75, 3.05) is 17.2 Å². The molecule has 2 rings (SSSR count). The number of anilines is 1. The molecule has 0 radical (unpaired) electrons. The molecule has 13 heavy (non-hydrogen) atoms. The summed E-state index contributed by atoms with van der Waals surface area (Å²) in [6.07, 6.45) is 5.12. The highest BCUT2D eigenvalue weighted by molar-refractivity contribution is 7.99. The zero-order valence-corrected chi connectivity index (χ0v) is 8.35. The Kier molecular flexibility index (Phi) is 2.78. The Hall–Kier alpha value is -0.640. The summed E-state index contributed by atoms with van der Waals surface area (Å²) in [5, 5.41) is 3.68. The van der Waals surface area contributed by atoms with E-state index >= 15 is 0 Å². The molecular formula is C9H14N2OS. The summed E-state index contributed by atoms with van der Waals surface area (Å²) in [5.74, 6) is 4.17. The van der Waals surface area contributed by atoms with Crippen molar-refractivity contribution < 1.29 is 4.52 Å². The quantitative estimate of drug-likeness (QED) is 0.789. The Labute approximate surface area is 82.0 Å². The van der Waals surface area contributed by atoms with Gasteiger partial charge in [0.2, 0.25) is 0 Å². The molecule has 1 aromatic heterocycles. The van der Waals surface area contributed by atoms with Gasteiger partial charge in [-0.25, -0.2) is 0 Å². The second kappa shape index (κ2) is 4.05. The van der Waals surface area contributed by atoms with Gasteiger partial charge in [-0.2, -0.15) is 11.8 Å². The Morgan fingerprint density at radius 1 is 1.54 bits per heavy atom. The van der Waals surface area contributed by atoms with Gasteiger partial charge < -0.3 is 10.3 Å². The van der Waals surface area contributed by atoms with Crippen molar-refractivity contribution in [2.24, 2.45) is 5.92 Å². The Morgan fingerprint density at radius 2 is 2.31 bits per heavy atom. The summed E-state index contributed by atoms with van der Waals surface area (Å²) in [6, 6.07) is 0. The normalized spacial score (nSPS) is 19.1. The van der Waals surface area contributed by atoms with Crippen LogP contribution in [0.1, 0.15) is 18.6 Å². The molecule has 3 nitrogen and oxygen atoms in total. The van der Waals surface area contributed by atoms with Gasteiger partial charge in [0.15, 0.2) is 5.76 Å². The van der Waals surface area contributed by atoms with Gasteiger partial charge in [0.1, 0.15) is 0 Å². The fourth-order valence-electron chi connectivity index (χ4n) is 1.64. The molecule has 72 valence electrons. The first-order valence-electron chi connectivity index (χ1n) is 4.63. The van der Waals surface area contributed by atoms with Crippen molar-refractivity contribution in [3.8, 4) is 0 Å². The van der Waals surface area contributed by atoms with Gasteiger partial charge in [0.25, 0.3) is 0 Å². The first-order chi connectivity index (χ1) is 6.36. The Bertz CT molecular complexity index is 268. The van der Waals surface area contributed by atoms with Crippen LogP contribution in [0.15, 0.2) is 10.7 Å². The molecular weight excluding hydrogens is 184 g/mol. The third-order valence-electron chi connectivity index (χ3n) is 2.49. The van der Waals surface area contributed by atoms with Gasteiger partial charge >= 0.3 is 0 Å². The van der Waals surface area contributed by atoms with Crippen molar-refractivity contribution in [3.63, 3.8) is 0 Å². The second-order valence-electron chi connectivity index (χ2n) is 3.46. The highest BCUT2D eigenvalue weighted by Crippen LogP contribution is 2.27. The largest absolute Gasteiger partial charge is 0.395 e. The van der Waals surface area contributed by atoms with Gasteiger partial charge in [-0.05, 0) is 30.3 Å². The van der Waals surface area contributed by atoms with Crippen LogP contribution in [-0.2, 0) is 6.42 Å². The molecule has 0 atom stereocenters. The zero-order valence-electron chi connectivity index (χ0n) is 7.53. The summed E-state index contributed by atoms with van der Waals surface area (Å²) in [7, 11) is 0. The lowest BCUT2D eigenvalue weighted by atomic mass is 9.97. The predicted octanol–water partition coefficient (Wildman–Crippen LogP) is 1.94. The third kappa shape index (κ3) is 2.18. The van der Waals surface area contributed by atoms with Crippen LogP contribution in [0.2, 0.25) is 0 Å². The Morgan fingerprint density at radius 3 is 2.92 bits per heavy atom. The van der Waals surface area contributed by atoms with Crippen LogP contribution < -0.4 is 5.73 Å². The van der Waals surface area contributed by atoms with E-state index in [0.29, 0.717) is 5.69 Å². The predicted molar refractivity (Wildman–Crippen MR) is 54.7 cm³/mol. The Balaban J connectivity index is 1.93. The van der Waals surface area contributed by atoms with Crippen LogP contribution in [-0.4, -0.2) is 16.7 Å². The molecule has 0 spiro atoms. The smallest absolute Gasteiger partial charge is 0.159 e. The topological polar surface area (TPSA) is 52.0 Å². The molecule has 0 unspecified atom stereocenters. The van der Waals surface area contributed by atoms with Crippen LogP contribution in [0.4, 0.5) is 5.69 Å². The minimum atomic E-state index is 0.707. The van der Waals surface area contributed by atoms with Crippen LogP contribution in [0.25, 0.3) is 0 Å². The molecule has 1 aliphatic heterocycles. The maximum atomic E-state index is 5.70. The number of nitrogens with two attached hydrogens (primary N) is 1. The van der Waals surface area contributed by atoms with Crippen LogP contribution in [0, 0.1) is 5.92 Å². The molecule has 0 amide bonds. The number of hydrogen-bond acceptors (Lipinski definition) is 4. The number of aromatic nitrogens is 1. The van der Waals surface area contributed by atoms with Crippen LogP contribution in [0.3, 0.4) is 0 Å². The first-order valence-corrected chi connectivity index (χ1v) is 5.78. The lowest BCUT2D eigenvalue weighted by Gasteiger charge is -2.19. The number of hydrogen-bond donors (Lipinski definition) is 1. The van der Waals surface area contributed by atoms with Crippen molar-refractivity contribution in [3.05, 3.63) is 12.0 Å². The molecule has 2 N–H and O–H groups in total. The average Bonchev–Trinajstić information content (AvgIpc) is 2.54. The third-order valence-corrected chi connectivity index (χ3v) is 3.54. The number of nitrogen functional groups attached to an aromatic ring is 1. The summed E-state index contributed by atoms with van der Waals surface area (Å²) in [4.78, 5) is 0. The van der Waals surface area contributed by atoms with E-state index in [2.05, 4.69) is 5.16 Å². The van der Waals surface area contributed by atoms with E-state index in [0.717, 1.165) is 18.1 Å². The molecule has 1 saturated heterocycles. The van der Waals surface area contributed by atoms with Gasteiger partial charge in [0.05, 0.1) is 11.9 Å². The highest BCUT2D eigenvalue weighted by atomic mass is 32.2. The molecule has 1 aliphatic rings.